The van der Waals surface area contributed by atoms with Crippen LogP contribution in [-0.2, 0) is 15.1 Å². The molecule has 4 amide bonds. The van der Waals surface area contributed by atoms with E-state index in [1.54, 1.807) is 49.4 Å². The van der Waals surface area contributed by atoms with Crippen LogP contribution < -0.4 is 15.5 Å². The smallest absolute Gasteiger partial charge is 0.344 e. The van der Waals surface area contributed by atoms with E-state index >= 15 is 0 Å². The first-order valence-electron chi connectivity index (χ1n) is 8.33. The van der Waals surface area contributed by atoms with Crippen molar-refractivity contribution in [1.29, 1.82) is 0 Å². The van der Waals surface area contributed by atoms with Crippen molar-refractivity contribution in [3.05, 3.63) is 59.9 Å². The van der Waals surface area contributed by atoms with E-state index in [4.69, 9.17) is 4.74 Å². The fraction of sp³-hybridized carbons (Fsp3) is 0.211. The maximum Gasteiger partial charge on any atom is 0.344 e. The van der Waals surface area contributed by atoms with Gasteiger partial charge in [0.25, 0.3) is 5.91 Å². The summed E-state index contributed by atoms with van der Waals surface area (Å²) >= 11 is 0.971. The van der Waals surface area contributed by atoms with Gasteiger partial charge in [0.2, 0.25) is 5.91 Å². The molecule has 1 aliphatic rings. The molecule has 3 rings (SSSR count). The van der Waals surface area contributed by atoms with Gasteiger partial charge in [-0.2, -0.15) is 5.01 Å². The zero-order valence-corrected chi connectivity index (χ0v) is 16.0. The van der Waals surface area contributed by atoms with E-state index in [-0.39, 0.29) is 5.75 Å². The topological polar surface area (TPSA) is 87.7 Å². The molecule has 28 heavy (non-hydrogen) atoms. The van der Waals surface area contributed by atoms with E-state index in [1.807, 2.05) is 0 Å². The number of methoxy groups -OCH3 is 1. The lowest BCUT2D eigenvalue weighted by Gasteiger charge is -2.22. The van der Waals surface area contributed by atoms with Crippen molar-refractivity contribution in [2.75, 3.05) is 12.9 Å². The quantitative estimate of drug-likeness (QED) is 0.571. The summed E-state index contributed by atoms with van der Waals surface area (Å²) in [6.07, 6.45) is 0. The van der Waals surface area contributed by atoms with Crippen molar-refractivity contribution in [2.45, 2.75) is 17.4 Å². The molecule has 0 bridgehead atoms. The molecular weight excluding hydrogens is 385 g/mol. The van der Waals surface area contributed by atoms with Crippen LogP contribution in [-0.4, -0.2) is 35.7 Å². The van der Waals surface area contributed by atoms with Gasteiger partial charge in [0, 0.05) is 4.90 Å². The SMILES string of the molecule is COc1ccc([C@]2(C)NC(=O)N(NC(=O)CSc3ccccc3F)C2=O)cc1. The maximum absolute atomic E-state index is 13.6. The summed E-state index contributed by atoms with van der Waals surface area (Å²) in [4.78, 5) is 37.5. The highest BCUT2D eigenvalue weighted by Crippen LogP contribution is 2.29. The third kappa shape index (κ3) is 3.79. The minimum Gasteiger partial charge on any atom is -0.497 e. The molecule has 2 N–H and O–H groups in total. The second-order valence-corrected chi connectivity index (χ2v) is 7.20. The first kappa shape index (κ1) is 19.7. The van der Waals surface area contributed by atoms with Crippen LogP contribution in [0.25, 0.3) is 0 Å². The number of urea groups is 1. The van der Waals surface area contributed by atoms with Gasteiger partial charge in [-0.15, -0.1) is 11.8 Å². The summed E-state index contributed by atoms with van der Waals surface area (Å²) in [7, 11) is 1.52. The second-order valence-electron chi connectivity index (χ2n) is 6.18. The molecule has 1 heterocycles. The summed E-state index contributed by atoms with van der Waals surface area (Å²) in [5.74, 6) is -1.21. The average molecular weight is 403 g/mol. The number of carbonyl (C=O) groups is 3. The molecule has 146 valence electrons. The predicted molar refractivity (Wildman–Crippen MR) is 101 cm³/mol. The number of halogens is 1. The van der Waals surface area contributed by atoms with Crippen molar-refractivity contribution < 1.29 is 23.5 Å². The third-order valence-corrected chi connectivity index (χ3v) is 5.34. The van der Waals surface area contributed by atoms with E-state index in [2.05, 4.69) is 10.7 Å². The Labute approximate surface area is 165 Å². The summed E-state index contributed by atoms with van der Waals surface area (Å²) in [6, 6.07) is 12.0. The fourth-order valence-corrected chi connectivity index (χ4v) is 3.45. The van der Waals surface area contributed by atoms with Gasteiger partial charge in [-0.3, -0.25) is 15.0 Å². The number of rotatable bonds is 6. The number of ether oxygens (including phenoxy) is 1. The van der Waals surface area contributed by atoms with E-state index in [1.165, 1.54) is 13.2 Å². The molecule has 1 aliphatic heterocycles. The van der Waals surface area contributed by atoms with Crippen molar-refractivity contribution in [2.24, 2.45) is 0 Å². The average Bonchev–Trinajstić information content (AvgIpc) is 2.91. The van der Waals surface area contributed by atoms with Crippen molar-refractivity contribution in [3.63, 3.8) is 0 Å². The number of carbonyl (C=O) groups excluding carboxylic acids is 3. The monoisotopic (exact) mass is 403 g/mol. The molecule has 0 aromatic heterocycles. The molecule has 2 aromatic rings. The molecule has 1 saturated heterocycles. The molecule has 0 radical (unpaired) electrons. The number of hydrogen-bond donors (Lipinski definition) is 2. The van der Waals surface area contributed by atoms with E-state index in [0.29, 0.717) is 21.2 Å². The Kier molecular flexibility index (Phi) is 5.55. The Morgan fingerprint density at radius 2 is 1.89 bits per heavy atom. The van der Waals surface area contributed by atoms with E-state index in [9.17, 15) is 18.8 Å². The molecule has 1 fully saturated rings. The number of hydrogen-bond acceptors (Lipinski definition) is 5. The zero-order valence-electron chi connectivity index (χ0n) is 15.2. The number of benzene rings is 2. The van der Waals surface area contributed by atoms with Crippen LogP contribution in [0, 0.1) is 5.82 Å². The number of thioether (sulfide) groups is 1. The summed E-state index contributed by atoms with van der Waals surface area (Å²) in [5, 5.41) is 3.23. The van der Waals surface area contributed by atoms with Gasteiger partial charge in [-0.05, 0) is 36.8 Å². The van der Waals surface area contributed by atoms with Crippen molar-refractivity contribution in [1.82, 2.24) is 15.8 Å². The highest BCUT2D eigenvalue weighted by molar-refractivity contribution is 8.00. The molecule has 1 atom stereocenters. The first-order chi connectivity index (χ1) is 13.3. The number of imide groups is 1. The van der Waals surface area contributed by atoms with E-state index < -0.39 is 29.2 Å². The van der Waals surface area contributed by atoms with Gasteiger partial charge in [-0.25, -0.2) is 9.18 Å². The van der Waals surface area contributed by atoms with Gasteiger partial charge < -0.3 is 10.1 Å². The van der Waals surface area contributed by atoms with Gasteiger partial charge in [0.05, 0.1) is 12.9 Å². The number of nitrogens with zero attached hydrogens (tertiary/aromatic N) is 1. The van der Waals surface area contributed by atoms with Gasteiger partial charge >= 0.3 is 6.03 Å². The number of hydrazine groups is 1. The second kappa shape index (κ2) is 7.89. The van der Waals surface area contributed by atoms with Crippen LogP contribution in [0.15, 0.2) is 53.4 Å². The van der Waals surface area contributed by atoms with Crippen LogP contribution in [0.5, 0.6) is 5.75 Å². The standard InChI is InChI=1S/C19H18FN3O4S/c1-19(12-7-9-13(27-2)10-8-12)17(25)23(18(26)21-19)22-16(24)11-28-15-6-4-3-5-14(15)20/h3-10H,11H2,1-2H3,(H,21,26)(H,22,24)/t19-/m0/s1. The first-order valence-corrected chi connectivity index (χ1v) is 9.32. The molecule has 9 heteroatoms. The van der Waals surface area contributed by atoms with Crippen molar-refractivity contribution >= 4 is 29.6 Å². The Hall–Kier alpha value is -3.07. The molecule has 0 saturated carbocycles. The highest BCUT2D eigenvalue weighted by atomic mass is 32.2. The fourth-order valence-electron chi connectivity index (χ4n) is 2.72. The van der Waals surface area contributed by atoms with Gasteiger partial charge in [0.1, 0.15) is 17.1 Å². The predicted octanol–water partition coefficient (Wildman–Crippen LogP) is 2.42. The lowest BCUT2D eigenvalue weighted by molar-refractivity contribution is -0.138. The molecule has 0 spiro atoms. The van der Waals surface area contributed by atoms with Crippen LogP contribution in [0.4, 0.5) is 9.18 Å². The maximum atomic E-state index is 13.6. The van der Waals surface area contributed by atoms with Crippen molar-refractivity contribution in [3.8, 4) is 5.75 Å². The Morgan fingerprint density at radius 3 is 2.54 bits per heavy atom. The largest absolute Gasteiger partial charge is 0.497 e. The minimum absolute atomic E-state index is 0.156. The summed E-state index contributed by atoms with van der Waals surface area (Å²) in [5.41, 5.74) is 1.50. The van der Waals surface area contributed by atoms with Crippen LogP contribution in [0.3, 0.4) is 0 Å². The minimum atomic E-state index is -1.32. The van der Waals surface area contributed by atoms with Crippen LogP contribution in [0.1, 0.15) is 12.5 Å². The molecule has 2 aromatic carbocycles. The molecular formula is C19H18FN3O4S. The third-order valence-electron chi connectivity index (χ3n) is 4.29. The molecule has 7 nitrogen and oxygen atoms in total. The molecule has 0 aliphatic carbocycles. The van der Waals surface area contributed by atoms with E-state index in [0.717, 1.165) is 11.8 Å². The Balaban J connectivity index is 1.67. The number of nitrogens with one attached hydrogen (secondary N) is 2. The van der Waals surface area contributed by atoms with Crippen LogP contribution >= 0.6 is 11.8 Å². The Morgan fingerprint density at radius 1 is 1.21 bits per heavy atom. The molecule has 0 unspecified atom stereocenters. The zero-order chi connectivity index (χ0) is 20.3. The number of amides is 4. The summed E-state index contributed by atoms with van der Waals surface area (Å²) < 4.78 is 18.7. The van der Waals surface area contributed by atoms with Gasteiger partial charge in [-0.1, -0.05) is 24.3 Å². The normalized spacial score (nSPS) is 18.8. The Bertz CT molecular complexity index is 922. The van der Waals surface area contributed by atoms with Crippen LogP contribution in [0.2, 0.25) is 0 Å². The lowest BCUT2D eigenvalue weighted by Crippen LogP contribution is -2.48. The highest BCUT2D eigenvalue weighted by Gasteiger charge is 2.50. The van der Waals surface area contributed by atoms with Gasteiger partial charge in [0.15, 0.2) is 0 Å². The summed E-state index contributed by atoms with van der Waals surface area (Å²) in [6.45, 7) is 1.55. The lowest BCUT2D eigenvalue weighted by atomic mass is 9.92.